The SMILES string of the molecule is CCC1CCCCC1OCc1csc(CNCC(C)C)n1. The van der Waals surface area contributed by atoms with Gasteiger partial charge in [-0.3, -0.25) is 0 Å². The molecule has 1 aromatic rings. The Kier molecular flexibility index (Phi) is 7.14. The fourth-order valence-corrected chi connectivity index (χ4v) is 3.76. The van der Waals surface area contributed by atoms with Gasteiger partial charge in [0, 0.05) is 11.9 Å². The molecule has 1 heterocycles. The van der Waals surface area contributed by atoms with Gasteiger partial charge >= 0.3 is 0 Å². The van der Waals surface area contributed by atoms with Crippen molar-refractivity contribution in [2.45, 2.75) is 72.1 Å². The Morgan fingerprint density at radius 2 is 2.19 bits per heavy atom. The van der Waals surface area contributed by atoms with Gasteiger partial charge in [-0.15, -0.1) is 11.3 Å². The Morgan fingerprint density at radius 1 is 1.38 bits per heavy atom. The first-order valence-electron chi connectivity index (χ1n) is 8.44. The molecule has 0 aliphatic heterocycles. The van der Waals surface area contributed by atoms with Crippen LogP contribution in [0.5, 0.6) is 0 Å². The molecule has 3 nitrogen and oxygen atoms in total. The Morgan fingerprint density at radius 3 is 2.95 bits per heavy atom. The number of thiazole rings is 1. The summed E-state index contributed by atoms with van der Waals surface area (Å²) in [6.45, 7) is 9.34. The molecule has 120 valence electrons. The van der Waals surface area contributed by atoms with E-state index in [2.05, 4.69) is 36.5 Å². The maximum absolute atomic E-state index is 6.15. The summed E-state index contributed by atoms with van der Waals surface area (Å²) in [7, 11) is 0. The van der Waals surface area contributed by atoms with Crippen LogP contribution in [-0.2, 0) is 17.9 Å². The van der Waals surface area contributed by atoms with Gasteiger partial charge in [0.15, 0.2) is 0 Å². The summed E-state index contributed by atoms with van der Waals surface area (Å²) < 4.78 is 6.15. The summed E-state index contributed by atoms with van der Waals surface area (Å²) in [4.78, 5) is 4.67. The van der Waals surface area contributed by atoms with Crippen LogP contribution >= 0.6 is 11.3 Å². The van der Waals surface area contributed by atoms with Crippen molar-refractivity contribution in [2.24, 2.45) is 11.8 Å². The van der Waals surface area contributed by atoms with Crippen molar-refractivity contribution in [3.63, 3.8) is 0 Å². The quantitative estimate of drug-likeness (QED) is 0.774. The highest BCUT2D eigenvalue weighted by molar-refractivity contribution is 7.09. The van der Waals surface area contributed by atoms with Crippen molar-refractivity contribution in [1.29, 1.82) is 0 Å². The van der Waals surface area contributed by atoms with E-state index in [1.165, 1.54) is 37.1 Å². The minimum Gasteiger partial charge on any atom is -0.372 e. The third kappa shape index (κ3) is 5.68. The van der Waals surface area contributed by atoms with Crippen LogP contribution in [0.3, 0.4) is 0 Å². The molecule has 0 spiro atoms. The summed E-state index contributed by atoms with van der Waals surface area (Å²) in [5.41, 5.74) is 1.10. The second kappa shape index (κ2) is 8.86. The molecule has 0 aromatic carbocycles. The van der Waals surface area contributed by atoms with Crippen LogP contribution in [0.1, 0.15) is 63.6 Å². The predicted octanol–water partition coefficient (Wildman–Crippen LogP) is 4.37. The van der Waals surface area contributed by atoms with E-state index in [1.54, 1.807) is 11.3 Å². The zero-order chi connectivity index (χ0) is 15.1. The normalized spacial score (nSPS) is 22.9. The first kappa shape index (κ1) is 16.9. The molecule has 1 aliphatic carbocycles. The molecule has 1 aromatic heterocycles. The number of hydrogen-bond acceptors (Lipinski definition) is 4. The lowest BCUT2D eigenvalue weighted by molar-refractivity contribution is -0.0233. The van der Waals surface area contributed by atoms with Gasteiger partial charge in [-0.25, -0.2) is 4.98 Å². The molecule has 4 heteroatoms. The van der Waals surface area contributed by atoms with Crippen LogP contribution in [0.2, 0.25) is 0 Å². The molecule has 1 N–H and O–H groups in total. The lowest BCUT2D eigenvalue weighted by Gasteiger charge is -2.30. The van der Waals surface area contributed by atoms with Crippen LogP contribution in [0.25, 0.3) is 0 Å². The monoisotopic (exact) mass is 310 g/mol. The zero-order valence-corrected chi connectivity index (χ0v) is 14.5. The average molecular weight is 311 g/mol. The molecule has 0 saturated heterocycles. The van der Waals surface area contributed by atoms with E-state index in [1.807, 2.05) is 0 Å². The van der Waals surface area contributed by atoms with Crippen molar-refractivity contribution in [3.05, 3.63) is 16.1 Å². The molecule has 2 atom stereocenters. The van der Waals surface area contributed by atoms with Crippen LogP contribution in [0.15, 0.2) is 5.38 Å². The summed E-state index contributed by atoms with van der Waals surface area (Å²) in [6.07, 6.45) is 6.96. The lowest BCUT2D eigenvalue weighted by Crippen LogP contribution is -2.27. The number of nitrogens with one attached hydrogen (secondary N) is 1. The van der Waals surface area contributed by atoms with Gasteiger partial charge in [-0.05, 0) is 31.2 Å². The Bertz CT molecular complexity index is 405. The third-order valence-corrected chi connectivity index (χ3v) is 5.13. The summed E-state index contributed by atoms with van der Waals surface area (Å²) in [6, 6.07) is 0. The van der Waals surface area contributed by atoms with Gasteiger partial charge in [0.05, 0.1) is 18.4 Å². The predicted molar refractivity (Wildman–Crippen MR) is 89.5 cm³/mol. The van der Waals surface area contributed by atoms with Crippen LogP contribution in [0.4, 0.5) is 0 Å². The molecule has 2 unspecified atom stereocenters. The number of aromatic nitrogens is 1. The fraction of sp³-hybridized carbons (Fsp3) is 0.824. The van der Waals surface area contributed by atoms with E-state index >= 15 is 0 Å². The molecule has 1 aliphatic rings. The number of hydrogen-bond donors (Lipinski definition) is 1. The fourth-order valence-electron chi connectivity index (χ4n) is 3.02. The topological polar surface area (TPSA) is 34.1 Å². The van der Waals surface area contributed by atoms with E-state index in [0.29, 0.717) is 18.6 Å². The second-order valence-electron chi connectivity index (χ2n) is 6.56. The minimum absolute atomic E-state index is 0.452. The number of ether oxygens (including phenoxy) is 1. The van der Waals surface area contributed by atoms with Gasteiger partial charge in [0.2, 0.25) is 0 Å². The molecule has 2 rings (SSSR count). The van der Waals surface area contributed by atoms with Crippen LogP contribution in [-0.4, -0.2) is 17.6 Å². The maximum atomic E-state index is 6.15. The van der Waals surface area contributed by atoms with Gasteiger partial charge in [-0.1, -0.05) is 40.0 Å². The second-order valence-corrected chi connectivity index (χ2v) is 7.50. The van der Waals surface area contributed by atoms with E-state index in [4.69, 9.17) is 4.74 Å². The van der Waals surface area contributed by atoms with Crippen LogP contribution < -0.4 is 5.32 Å². The van der Waals surface area contributed by atoms with Crippen molar-refractivity contribution in [2.75, 3.05) is 6.54 Å². The Hall–Kier alpha value is -0.450. The van der Waals surface area contributed by atoms with Gasteiger partial charge in [0.25, 0.3) is 0 Å². The zero-order valence-electron chi connectivity index (χ0n) is 13.7. The summed E-state index contributed by atoms with van der Waals surface area (Å²) >= 11 is 1.74. The largest absolute Gasteiger partial charge is 0.372 e. The molecule has 0 bridgehead atoms. The summed E-state index contributed by atoms with van der Waals surface area (Å²) in [5.74, 6) is 1.44. The molecule has 1 saturated carbocycles. The van der Waals surface area contributed by atoms with Crippen LogP contribution in [0, 0.1) is 11.8 Å². The highest BCUT2D eigenvalue weighted by Crippen LogP contribution is 2.29. The molecule has 0 amide bonds. The van der Waals surface area contributed by atoms with E-state index in [9.17, 15) is 0 Å². The first-order chi connectivity index (χ1) is 10.2. The lowest BCUT2D eigenvalue weighted by atomic mass is 9.85. The van der Waals surface area contributed by atoms with E-state index in [-0.39, 0.29) is 0 Å². The Balaban J connectivity index is 1.74. The highest BCUT2D eigenvalue weighted by atomic mass is 32.1. The molecule has 21 heavy (non-hydrogen) atoms. The molecule has 0 radical (unpaired) electrons. The van der Waals surface area contributed by atoms with Crippen molar-refractivity contribution < 1.29 is 4.74 Å². The average Bonchev–Trinajstić information content (AvgIpc) is 2.93. The smallest absolute Gasteiger partial charge is 0.107 e. The highest BCUT2D eigenvalue weighted by Gasteiger charge is 2.24. The van der Waals surface area contributed by atoms with Crippen molar-refractivity contribution >= 4 is 11.3 Å². The van der Waals surface area contributed by atoms with Gasteiger partial charge < -0.3 is 10.1 Å². The Labute approximate surface area is 133 Å². The standard InChI is InChI=1S/C17H30N2OS/c1-4-14-7-5-6-8-16(14)20-11-15-12-21-17(19-15)10-18-9-13(2)3/h12-14,16,18H,4-11H2,1-3H3. The van der Waals surface area contributed by atoms with Gasteiger partial charge in [-0.2, -0.15) is 0 Å². The summed E-state index contributed by atoms with van der Waals surface area (Å²) in [5, 5.41) is 6.76. The molecule has 1 fully saturated rings. The van der Waals surface area contributed by atoms with Crippen molar-refractivity contribution in [1.82, 2.24) is 10.3 Å². The van der Waals surface area contributed by atoms with E-state index in [0.717, 1.165) is 24.7 Å². The van der Waals surface area contributed by atoms with Crippen molar-refractivity contribution in [3.8, 4) is 0 Å². The molecular weight excluding hydrogens is 280 g/mol. The maximum Gasteiger partial charge on any atom is 0.107 e. The number of rotatable bonds is 8. The third-order valence-electron chi connectivity index (χ3n) is 4.24. The first-order valence-corrected chi connectivity index (χ1v) is 9.32. The minimum atomic E-state index is 0.452. The van der Waals surface area contributed by atoms with E-state index < -0.39 is 0 Å². The number of nitrogens with zero attached hydrogens (tertiary/aromatic N) is 1. The van der Waals surface area contributed by atoms with Gasteiger partial charge in [0.1, 0.15) is 5.01 Å². The molecular formula is C17H30N2OS.